The summed E-state index contributed by atoms with van der Waals surface area (Å²) in [7, 11) is 4.04. The second-order valence-electron chi connectivity index (χ2n) is 6.27. The Balaban J connectivity index is 1.90. The lowest BCUT2D eigenvalue weighted by atomic mass is 10.1. The standard InChI is InChI=1S/C19H26N4O/c1-14-6-7-16(12-15(14)2)22-17-8-9-18(21-13-17)19(24)20-10-5-11-23(3)4/h6-9,12-13,22H,5,10-11H2,1-4H3,(H,20,24). The first-order valence-corrected chi connectivity index (χ1v) is 8.19. The van der Waals surface area contributed by atoms with E-state index in [0.29, 0.717) is 12.2 Å². The van der Waals surface area contributed by atoms with Gasteiger partial charge in [-0.3, -0.25) is 4.79 Å². The Bertz CT molecular complexity index is 680. The molecule has 24 heavy (non-hydrogen) atoms. The van der Waals surface area contributed by atoms with Crippen molar-refractivity contribution in [1.82, 2.24) is 15.2 Å². The van der Waals surface area contributed by atoms with Gasteiger partial charge in [0.1, 0.15) is 5.69 Å². The van der Waals surface area contributed by atoms with Gasteiger partial charge in [0.2, 0.25) is 0 Å². The Morgan fingerprint density at radius 1 is 1.08 bits per heavy atom. The minimum atomic E-state index is -0.133. The quantitative estimate of drug-likeness (QED) is 0.768. The van der Waals surface area contributed by atoms with Crippen LogP contribution in [-0.4, -0.2) is 43.0 Å². The molecule has 1 heterocycles. The van der Waals surface area contributed by atoms with Crippen molar-refractivity contribution >= 4 is 17.3 Å². The average molecular weight is 326 g/mol. The summed E-state index contributed by atoms with van der Waals surface area (Å²) < 4.78 is 0. The van der Waals surface area contributed by atoms with Gasteiger partial charge in [-0.2, -0.15) is 0 Å². The normalized spacial score (nSPS) is 10.7. The lowest BCUT2D eigenvalue weighted by Gasteiger charge is -2.10. The summed E-state index contributed by atoms with van der Waals surface area (Å²) in [6.45, 7) is 5.78. The molecule has 0 fully saturated rings. The first kappa shape index (κ1) is 17.9. The first-order chi connectivity index (χ1) is 11.5. The molecule has 1 aromatic heterocycles. The molecule has 0 aliphatic heterocycles. The molecule has 0 radical (unpaired) electrons. The number of rotatable bonds is 7. The van der Waals surface area contributed by atoms with Crippen LogP contribution in [0.3, 0.4) is 0 Å². The van der Waals surface area contributed by atoms with E-state index in [4.69, 9.17) is 0 Å². The number of anilines is 2. The highest BCUT2D eigenvalue weighted by Crippen LogP contribution is 2.19. The summed E-state index contributed by atoms with van der Waals surface area (Å²) >= 11 is 0. The number of benzene rings is 1. The number of amides is 1. The second-order valence-corrected chi connectivity index (χ2v) is 6.27. The highest BCUT2D eigenvalue weighted by Gasteiger charge is 2.06. The van der Waals surface area contributed by atoms with E-state index in [1.54, 1.807) is 12.3 Å². The van der Waals surface area contributed by atoms with Crippen LogP contribution in [0.1, 0.15) is 28.0 Å². The monoisotopic (exact) mass is 326 g/mol. The van der Waals surface area contributed by atoms with Crippen LogP contribution in [0.4, 0.5) is 11.4 Å². The Kier molecular flexibility index (Phi) is 6.32. The molecule has 5 heteroatoms. The van der Waals surface area contributed by atoms with Crippen molar-refractivity contribution in [2.24, 2.45) is 0 Å². The van der Waals surface area contributed by atoms with Gasteiger partial charge in [0.05, 0.1) is 11.9 Å². The van der Waals surface area contributed by atoms with Crippen LogP contribution in [0.2, 0.25) is 0 Å². The number of nitrogens with zero attached hydrogens (tertiary/aromatic N) is 2. The van der Waals surface area contributed by atoms with Crippen molar-refractivity contribution < 1.29 is 4.79 Å². The van der Waals surface area contributed by atoms with Crippen LogP contribution in [-0.2, 0) is 0 Å². The third-order valence-corrected chi connectivity index (χ3v) is 3.86. The lowest BCUT2D eigenvalue weighted by Crippen LogP contribution is -2.27. The SMILES string of the molecule is Cc1ccc(Nc2ccc(C(=O)NCCCN(C)C)nc2)cc1C. The maximum atomic E-state index is 12.0. The highest BCUT2D eigenvalue weighted by atomic mass is 16.1. The maximum Gasteiger partial charge on any atom is 0.269 e. The van der Waals surface area contributed by atoms with Crippen LogP contribution in [0.25, 0.3) is 0 Å². The Morgan fingerprint density at radius 2 is 1.83 bits per heavy atom. The van der Waals surface area contributed by atoms with Crippen LogP contribution < -0.4 is 10.6 Å². The average Bonchev–Trinajstić information content (AvgIpc) is 2.55. The van der Waals surface area contributed by atoms with Crippen LogP contribution in [0, 0.1) is 13.8 Å². The van der Waals surface area contributed by atoms with Gasteiger partial charge in [-0.05, 0) is 76.3 Å². The van der Waals surface area contributed by atoms with Crippen LogP contribution in [0.5, 0.6) is 0 Å². The number of hydrogen-bond donors (Lipinski definition) is 2. The zero-order valence-electron chi connectivity index (χ0n) is 14.9. The molecule has 0 saturated heterocycles. The van der Waals surface area contributed by atoms with E-state index in [2.05, 4.69) is 46.5 Å². The Labute approximate surface area is 144 Å². The summed E-state index contributed by atoms with van der Waals surface area (Å²) in [6.07, 6.45) is 2.61. The van der Waals surface area contributed by atoms with Gasteiger partial charge < -0.3 is 15.5 Å². The van der Waals surface area contributed by atoms with Crippen molar-refractivity contribution in [2.45, 2.75) is 20.3 Å². The molecule has 128 valence electrons. The minimum absolute atomic E-state index is 0.133. The molecule has 0 atom stereocenters. The number of aromatic nitrogens is 1. The third-order valence-electron chi connectivity index (χ3n) is 3.86. The molecular weight excluding hydrogens is 300 g/mol. The van der Waals surface area contributed by atoms with Crippen molar-refractivity contribution in [3.63, 3.8) is 0 Å². The Hall–Kier alpha value is -2.40. The number of pyridine rings is 1. The first-order valence-electron chi connectivity index (χ1n) is 8.19. The largest absolute Gasteiger partial charge is 0.354 e. The van der Waals surface area contributed by atoms with Gasteiger partial charge in [0, 0.05) is 12.2 Å². The molecule has 2 rings (SSSR count). The predicted octanol–water partition coefficient (Wildman–Crippen LogP) is 3.12. The number of carbonyl (C=O) groups is 1. The van der Waals surface area contributed by atoms with Gasteiger partial charge in [-0.25, -0.2) is 4.98 Å². The van der Waals surface area contributed by atoms with E-state index in [1.165, 1.54) is 11.1 Å². The van der Waals surface area contributed by atoms with E-state index in [9.17, 15) is 4.79 Å². The summed E-state index contributed by atoms with van der Waals surface area (Å²) in [5.41, 5.74) is 4.82. The van der Waals surface area contributed by atoms with Crippen molar-refractivity contribution in [3.8, 4) is 0 Å². The van der Waals surface area contributed by atoms with Gasteiger partial charge in [-0.15, -0.1) is 0 Å². The molecule has 0 spiro atoms. The fourth-order valence-corrected chi connectivity index (χ4v) is 2.28. The van der Waals surface area contributed by atoms with Crippen molar-refractivity contribution in [3.05, 3.63) is 53.3 Å². The van der Waals surface area contributed by atoms with Crippen LogP contribution >= 0.6 is 0 Å². The third kappa shape index (κ3) is 5.35. The van der Waals surface area contributed by atoms with Crippen LogP contribution in [0.15, 0.2) is 36.5 Å². The smallest absolute Gasteiger partial charge is 0.269 e. The summed E-state index contributed by atoms with van der Waals surface area (Å²) in [4.78, 5) is 18.4. The van der Waals surface area contributed by atoms with E-state index in [0.717, 1.165) is 24.3 Å². The summed E-state index contributed by atoms with van der Waals surface area (Å²) in [5.74, 6) is -0.133. The molecule has 2 aromatic rings. The van der Waals surface area contributed by atoms with Gasteiger partial charge in [0.25, 0.3) is 5.91 Å². The molecule has 1 amide bonds. The van der Waals surface area contributed by atoms with Crippen molar-refractivity contribution in [2.75, 3.05) is 32.5 Å². The number of nitrogens with one attached hydrogen (secondary N) is 2. The van der Waals surface area contributed by atoms with Crippen molar-refractivity contribution in [1.29, 1.82) is 0 Å². The van der Waals surface area contributed by atoms with Gasteiger partial charge in [0.15, 0.2) is 0 Å². The lowest BCUT2D eigenvalue weighted by molar-refractivity contribution is 0.0947. The maximum absolute atomic E-state index is 12.0. The molecule has 0 unspecified atom stereocenters. The number of carbonyl (C=O) groups excluding carboxylic acids is 1. The molecule has 5 nitrogen and oxygen atoms in total. The van der Waals surface area contributed by atoms with E-state index < -0.39 is 0 Å². The fraction of sp³-hybridized carbons (Fsp3) is 0.368. The molecule has 0 aliphatic carbocycles. The Morgan fingerprint density at radius 3 is 2.46 bits per heavy atom. The molecule has 2 N–H and O–H groups in total. The topological polar surface area (TPSA) is 57.3 Å². The zero-order chi connectivity index (χ0) is 17.5. The van der Waals surface area contributed by atoms with Gasteiger partial charge in [-0.1, -0.05) is 6.07 Å². The predicted molar refractivity (Wildman–Crippen MR) is 98.9 cm³/mol. The molecule has 0 bridgehead atoms. The number of aryl methyl sites for hydroxylation is 2. The number of hydrogen-bond acceptors (Lipinski definition) is 4. The summed E-state index contributed by atoms with van der Waals surface area (Å²) in [6, 6.07) is 9.83. The molecule has 0 saturated carbocycles. The van der Waals surface area contributed by atoms with E-state index >= 15 is 0 Å². The van der Waals surface area contributed by atoms with Gasteiger partial charge >= 0.3 is 0 Å². The molecule has 0 aliphatic rings. The molecule has 1 aromatic carbocycles. The van der Waals surface area contributed by atoms with E-state index in [-0.39, 0.29) is 5.91 Å². The highest BCUT2D eigenvalue weighted by molar-refractivity contribution is 5.92. The fourth-order valence-electron chi connectivity index (χ4n) is 2.28. The molecular formula is C19H26N4O. The van der Waals surface area contributed by atoms with E-state index in [1.807, 2.05) is 26.2 Å². The minimum Gasteiger partial charge on any atom is -0.354 e. The second kappa shape index (κ2) is 8.45. The summed E-state index contributed by atoms with van der Waals surface area (Å²) in [5, 5.41) is 6.19. The zero-order valence-corrected chi connectivity index (χ0v) is 14.9.